The molecule has 0 radical (unpaired) electrons. The number of unbranched alkanes of at least 4 members (excludes halogenated alkanes) is 1. The smallest absolute Gasteiger partial charge is 0.0440 e. The molecule has 0 aliphatic rings. The van der Waals surface area contributed by atoms with Crippen LogP contribution in [0.15, 0.2) is 0 Å². The van der Waals surface area contributed by atoms with Crippen molar-refractivity contribution in [2.75, 3.05) is 0 Å². The Morgan fingerprint density at radius 2 is 1.25 bits per heavy atom. The van der Waals surface area contributed by atoms with Gasteiger partial charge in [0, 0.05) is 0 Å². The van der Waals surface area contributed by atoms with Crippen molar-refractivity contribution in [3.8, 4) is 0 Å². The lowest BCUT2D eigenvalue weighted by Gasteiger charge is -2.16. The van der Waals surface area contributed by atoms with Crippen LogP contribution in [0.1, 0.15) is 86.0 Å². The van der Waals surface area contributed by atoms with Crippen LogP contribution in [0.25, 0.3) is 0 Å². The van der Waals surface area contributed by atoms with Crippen LogP contribution in [0.3, 0.4) is 0 Å². The summed E-state index contributed by atoms with van der Waals surface area (Å²) >= 11 is 0. The lowest BCUT2D eigenvalue weighted by atomic mass is 9.90. The fourth-order valence-corrected chi connectivity index (χ4v) is 2.59. The van der Waals surface area contributed by atoms with Crippen LogP contribution in [0.2, 0.25) is 0 Å². The third-order valence-corrected chi connectivity index (χ3v) is 3.93. The average Bonchev–Trinajstić information content (AvgIpc) is 2.24. The second kappa shape index (κ2) is 10.2. The molecule has 0 saturated carbocycles. The SMILES string of the molecule is CCCC(C)CCCCC(C)CC(C)CC. The Labute approximate surface area is 104 Å². The second-order valence-electron chi connectivity index (χ2n) is 6.03. The Morgan fingerprint density at radius 3 is 1.75 bits per heavy atom. The number of rotatable bonds is 10. The molecule has 0 N–H and O–H groups in total. The van der Waals surface area contributed by atoms with Gasteiger partial charge in [-0.05, 0) is 24.2 Å². The van der Waals surface area contributed by atoms with Gasteiger partial charge in [0.2, 0.25) is 0 Å². The first kappa shape index (κ1) is 16.0. The number of hydrogen-bond donors (Lipinski definition) is 0. The predicted octanol–water partition coefficient (Wildman–Crippen LogP) is 6.06. The highest BCUT2D eigenvalue weighted by Gasteiger charge is 2.07. The van der Waals surface area contributed by atoms with Gasteiger partial charge in [0.15, 0.2) is 0 Å². The summed E-state index contributed by atoms with van der Waals surface area (Å²) in [4.78, 5) is 0. The molecule has 3 unspecified atom stereocenters. The van der Waals surface area contributed by atoms with Crippen molar-refractivity contribution in [3.05, 3.63) is 0 Å². The topological polar surface area (TPSA) is 0 Å². The third-order valence-electron chi connectivity index (χ3n) is 3.93. The molecule has 16 heavy (non-hydrogen) atoms. The normalized spacial score (nSPS) is 17.1. The van der Waals surface area contributed by atoms with Crippen LogP contribution in [0, 0.1) is 17.8 Å². The molecular weight excluding hydrogens is 192 g/mol. The average molecular weight is 226 g/mol. The zero-order chi connectivity index (χ0) is 12.4. The molecule has 0 aliphatic carbocycles. The molecule has 0 aromatic heterocycles. The molecule has 0 aromatic carbocycles. The quantitative estimate of drug-likeness (QED) is 0.397. The summed E-state index contributed by atoms with van der Waals surface area (Å²) in [6.07, 6.45) is 11.3. The number of hydrogen-bond acceptors (Lipinski definition) is 0. The van der Waals surface area contributed by atoms with E-state index in [1.54, 1.807) is 0 Å². The van der Waals surface area contributed by atoms with Crippen LogP contribution in [-0.2, 0) is 0 Å². The Morgan fingerprint density at radius 1 is 0.688 bits per heavy atom. The first-order chi connectivity index (χ1) is 7.60. The first-order valence-electron chi connectivity index (χ1n) is 7.60. The minimum atomic E-state index is 0.925. The van der Waals surface area contributed by atoms with Crippen molar-refractivity contribution in [2.24, 2.45) is 17.8 Å². The van der Waals surface area contributed by atoms with Gasteiger partial charge in [-0.25, -0.2) is 0 Å². The summed E-state index contributed by atoms with van der Waals surface area (Å²) in [6, 6.07) is 0. The molecule has 0 heteroatoms. The maximum atomic E-state index is 2.43. The predicted molar refractivity (Wildman–Crippen MR) is 75.8 cm³/mol. The van der Waals surface area contributed by atoms with E-state index < -0.39 is 0 Å². The first-order valence-corrected chi connectivity index (χ1v) is 7.60. The lowest BCUT2D eigenvalue weighted by molar-refractivity contribution is 0.366. The van der Waals surface area contributed by atoms with Gasteiger partial charge in [-0.1, -0.05) is 79.6 Å². The summed E-state index contributed by atoms with van der Waals surface area (Å²) in [6.45, 7) is 11.8. The van der Waals surface area contributed by atoms with E-state index in [1.807, 2.05) is 0 Å². The van der Waals surface area contributed by atoms with Gasteiger partial charge >= 0.3 is 0 Å². The van der Waals surface area contributed by atoms with Crippen molar-refractivity contribution >= 4 is 0 Å². The van der Waals surface area contributed by atoms with Crippen molar-refractivity contribution in [1.29, 1.82) is 0 Å². The van der Waals surface area contributed by atoms with Gasteiger partial charge in [-0.15, -0.1) is 0 Å². The highest BCUT2D eigenvalue weighted by atomic mass is 14.1. The highest BCUT2D eigenvalue weighted by molar-refractivity contribution is 4.60. The monoisotopic (exact) mass is 226 g/mol. The van der Waals surface area contributed by atoms with E-state index >= 15 is 0 Å². The van der Waals surface area contributed by atoms with Crippen LogP contribution in [0.5, 0.6) is 0 Å². The van der Waals surface area contributed by atoms with Gasteiger partial charge in [-0.2, -0.15) is 0 Å². The molecule has 0 aliphatic heterocycles. The standard InChI is InChI=1S/C16H34/c1-6-10-15(4)11-8-9-12-16(5)13-14(3)7-2/h14-16H,6-13H2,1-5H3. The van der Waals surface area contributed by atoms with Crippen molar-refractivity contribution < 1.29 is 0 Å². The van der Waals surface area contributed by atoms with Gasteiger partial charge < -0.3 is 0 Å². The molecule has 3 atom stereocenters. The van der Waals surface area contributed by atoms with Gasteiger partial charge in [0.1, 0.15) is 0 Å². The Bertz CT molecular complexity index is 139. The second-order valence-corrected chi connectivity index (χ2v) is 6.03. The third kappa shape index (κ3) is 9.24. The zero-order valence-corrected chi connectivity index (χ0v) is 12.4. The van der Waals surface area contributed by atoms with E-state index in [1.165, 1.54) is 51.4 Å². The summed E-state index contributed by atoms with van der Waals surface area (Å²) in [7, 11) is 0. The fraction of sp³-hybridized carbons (Fsp3) is 1.00. The molecule has 0 nitrogen and oxygen atoms in total. The maximum absolute atomic E-state index is 2.43. The molecule has 0 spiro atoms. The molecule has 0 saturated heterocycles. The molecule has 0 rings (SSSR count). The fourth-order valence-electron chi connectivity index (χ4n) is 2.59. The largest absolute Gasteiger partial charge is 0.0654 e. The molecule has 98 valence electrons. The van der Waals surface area contributed by atoms with Crippen molar-refractivity contribution in [2.45, 2.75) is 86.0 Å². The highest BCUT2D eigenvalue weighted by Crippen LogP contribution is 2.21. The van der Waals surface area contributed by atoms with E-state index in [4.69, 9.17) is 0 Å². The molecule has 0 bridgehead atoms. The van der Waals surface area contributed by atoms with Gasteiger partial charge in [-0.3, -0.25) is 0 Å². The molecule has 0 heterocycles. The Kier molecular flexibility index (Phi) is 10.2. The Hall–Kier alpha value is 0. The van der Waals surface area contributed by atoms with Crippen LogP contribution >= 0.6 is 0 Å². The van der Waals surface area contributed by atoms with Crippen LogP contribution < -0.4 is 0 Å². The molecule has 0 fully saturated rings. The van der Waals surface area contributed by atoms with Gasteiger partial charge in [0.05, 0.1) is 0 Å². The lowest BCUT2D eigenvalue weighted by Crippen LogP contribution is -2.02. The van der Waals surface area contributed by atoms with Crippen molar-refractivity contribution in [1.82, 2.24) is 0 Å². The Balaban J connectivity index is 3.36. The van der Waals surface area contributed by atoms with E-state index in [9.17, 15) is 0 Å². The zero-order valence-electron chi connectivity index (χ0n) is 12.4. The van der Waals surface area contributed by atoms with E-state index in [0.29, 0.717) is 0 Å². The van der Waals surface area contributed by atoms with Gasteiger partial charge in [0.25, 0.3) is 0 Å². The molecular formula is C16H34. The summed E-state index contributed by atoms with van der Waals surface area (Å²) < 4.78 is 0. The summed E-state index contributed by atoms with van der Waals surface area (Å²) in [5.41, 5.74) is 0. The van der Waals surface area contributed by atoms with Crippen LogP contribution in [0.4, 0.5) is 0 Å². The molecule has 0 amide bonds. The summed E-state index contributed by atoms with van der Waals surface area (Å²) in [5, 5.41) is 0. The summed E-state index contributed by atoms with van der Waals surface area (Å²) in [5.74, 6) is 2.82. The van der Waals surface area contributed by atoms with E-state index in [2.05, 4.69) is 34.6 Å². The van der Waals surface area contributed by atoms with E-state index in [-0.39, 0.29) is 0 Å². The minimum absolute atomic E-state index is 0.925. The molecule has 0 aromatic rings. The van der Waals surface area contributed by atoms with E-state index in [0.717, 1.165) is 17.8 Å². The van der Waals surface area contributed by atoms with Crippen LogP contribution in [-0.4, -0.2) is 0 Å². The minimum Gasteiger partial charge on any atom is -0.0654 e. The maximum Gasteiger partial charge on any atom is -0.0440 e. The van der Waals surface area contributed by atoms with Crippen molar-refractivity contribution in [3.63, 3.8) is 0 Å².